The van der Waals surface area contributed by atoms with E-state index in [1.54, 1.807) is 29.6 Å². The highest BCUT2D eigenvalue weighted by Crippen LogP contribution is 2.26. The zero-order valence-corrected chi connectivity index (χ0v) is 12.6. The van der Waals surface area contributed by atoms with Crippen LogP contribution in [0.25, 0.3) is 0 Å². The number of pyridine rings is 1. The van der Waals surface area contributed by atoms with Crippen molar-refractivity contribution in [2.75, 3.05) is 6.54 Å². The number of aliphatic hydroxyl groups is 1. The van der Waals surface area contributed by atoms with Crippen LogP contribution in [-0.4, -0.2) is 41.5 Å². The van der Waals surface area contributed by atoms with Crippen molar-refractivity contribution in [3.05, 3.63) is 24.5 Å². The zero-order chi connectivity index (χ0) is 14.6. The van der Waals surface area contributed by atoms with E-state index in [9.17, 15) is 13.5 Å². The molecule has 1 aromatic heterocycles. The second kappa shape index (κ2) is 6.65. The van der Waals surface area contributed by atoms with Crippen LogP contribution in [0.1, 0.15) is 39.0 Å². The van der Waals surface area contributed by atoms with Gasteiger partial charge < -0.3 is 5.11 Å². The molecule has 0 aromatic carbocycles. The van der Waals surface area contributed by atoms with Gasteiger partial charge in [-0.25, -0.2) is 8.42 Å². The first kappa shape index (κ1) is 15.4. The van der Waals surface area contributed by atoms with Gasteiger partial charge in [-0.2, -0.15) is 4.31 Å². The maximum absolute atomic E-state index is 12.7. The number of hydrogen-bond donors (Lipinski definition) is 1. The molecule has 1 aromatic rings. The number of aromatic nitrogens is 1. The predicted octanol–water partition coefficient (Wildman–Crippen LogP) is 1.79. The van der Waals surface area contributed by atoms with Gasteiger partial charge in [0.15, 0.2) is 0 Å². The van der Waals surface area contributed by atoms with Crippen molar-refractivity contribution >= 4 is 10.0 Å². The molecule has 2 heterocycles. The second-order valence-electron chi connectivity index (χ2n) is 5.39. The van der Waals surface area contributed by atoms with Crippen LogP contribution in [0.3, 0.4) is 0 Å². The third-order valence-electron chi connectivity index (χ3n) is 3.68. The molecule has 6 heteroatoms. The Kier molecular flexibility index (Phi) is 5.12. The lowest BCUT2D eigenvalue weighted by molar-refractivity contribution is 0.147. The maximum Gasteiger partial charge on any atom is 0.244 e. The Labute approximate surface area is 120 Å². The number of sulfonamides is 1. The Morgan fingerprint density at radius 1 is 1.45 bits per heavy atom. The van der Waals surface area contributed by atoms with Crippen LogP contribution < -0.4 is 0 Å². The molecular formula is C14H22N2O3S. The van der Waals surface area contributed by atoms with Crippen molar-refractivity contribution in [2.24, 2.45) is 0 Å². The molecule has 0 aliphatic carbocycles. The summed E-state index contributed by atoms with van der Waals surface area (Å²) in [5.41, 5.74) is 0. The van der Waals surface area contributed by atoms with Crippen LogP contribution in [-0.2, 0) is 10.0 Å². The summed E-state index contributed by atoms with van der Waals surface area (Å²) >= 11 is 0. The van der Waals surface area contributed by atoms with Gasteiger partial charge in [-0.15, -0.1) is 0 Å². The minimum atomic E-state index is -3.52. The van der Waals surface area contributed by atoms with E-state index in [1.165, 1.54) is 6.20 Å². The smallest absolute Gasteiger partial charge is 0.244 e. The molecule has 0 radical (unpaired) electrons. The number of hydrogen-bond acceptors (Lipinski definition) is 4. The lowest BCUT2D eigenvalue weighted by atomic mass is 10.1. The van der Waals surface area contributed by atoms with Crippen LogP contribution in [0.5, 0.6) is 0 Å². The third-order valence-corrected chi connectivity index (χ3v) is 5.61. The summed E-state index contributed by atoms with van der Waals surface area (Å²) in [7, 11) is -3.52. The van der Waals surface area contributed by atoms with E-state index in [0.717, 1.165) is 25.7 Å². The van der Waals surface area contributed by atoms with Gasteiger partial charge in [-0.05, 0) is 38.3 Å². The van der Waals surface area contributed by atoms with Crippen LogP contribution in [0.2, 0.25) is 0 Å². The molecule has 1 saturated heterocycles. The average Bonchev–Trinajstić information content (AvgIpc) is 2.65. The molecule has 1 aliphatic rings. The van der Waals surface area contributed by atoms with E-state index in [1.807, 2.05) is 0 Å². The summed E-state index contributed by atoms with van der Waals surface area (Å²) < 4.78 is 27.0. The first-order valence-corrected chi connectivity index (χ1v) is 8.56. The highest BCUT2D eigenvalue weighted by molar-refractivity contribution is 7.89. The Morgan fingerprint density at radius 3 is 2.90 bits per heavy atom. The van der Waals surface area contributed by atoms with Gasteiger partial charge in [0.25, 0.3) is 0 Å². The van der Waals surface area contributed by atoms with Gasteiger partial charge in [0.05, 0.1) is 6.10 Å². The van der Waals surface area contributed by atoms with Gasteiger partial charge in [0.2, 0.25) is 10.0 Å². The quantitative estimate of drug-likeness (QED) is 0.920. The molecule has 1 fully saturated rings. The fourth-order valence-corrected chi connectivity index (χ4v) is 4.40. The van der Waals surface area contributed by atoms with E-state index in [4.69, 9.17) is 0 Å². The Balaban J connectivity index is 2.30. The number of nitrogens with zero attached hydrogens (tertiary/aromatic N) is 2. The number of aliphatic hydroxyl groups excluding tert-OH is 1. The maximum atomic E-state index is 12.7. The third kappa shape index (κ3) is 3.56. The molecule has 112 valence electrons. The minimum absolute atomic E-state index is 0.122. The lowest BCUT2D eigenvalue weighted by Gasteiger charge is -2.29. The van der Waals surface area contributed by atoms with E-state index in [2.05, 4.69) is 4.98 Å². The molecule has 1 N–H and O–H groups in total. The van der Waals surface area contributed by atoms with Crippen LogP contribution >= 0.6 is 0 Å². The fourth-order valence-electron chi connectivity index (χ4n) is 2.73. The Bertz CT molecular complexity index is 516. The molecule has 5 nitrogen and oxygen atoms in total. The largest absolute Gasteiger partial charge is 0.393 e. The first-order chi connectivity index (χ1) is 9.51. The minimum Gasteiger partial charge on any atom is -0.393 e. The van der Waals surface area contributed by atoms with Gasteiger partial charge in [0.1, 0.15) is 4.90 Å². The monoisotopic (exact) mass is 298 g/mol. The highest BCUT2D eigenvalue weighted by atomic mass is 32.2. The van der Waals surface area contributed by atoms with E-state index in [0.29, 0.717) is 13.0 Å². The van der Waals surface area contributed by atoms with Gasteiger partial charge >= 0.3 is 0 Å². The van der Waals surface area contributed by atoms with Gasteiger partial charge in [-0.3, -0.25) is 4.98 Å². The Hall–Kier alpha value is -0.980. The molecule has 2 atom stereocenters. The van der Waals surface area contributed by atoms with Crippen molar-refractivity contribution in [1.82, 2.24) is 9.29 Å². The summed E-state index contributed by atoms with van der Waals surface area (Å²) in [6.45, 7) is 2.23. The summed E-state index contributed by atoms with van der Waals surface area (Å²) in [5.74, 6) is 0. The molecule has 2 unspecified atom stereocenters. The topological polar surface area (TPSA) is 70.5 Å². The molecule has 0 bridgehead atoms. The van der Waals surface area contributed by atoms with E-state index < -0.39 is 16.1 Å². The van der Waals surface area contributed by atoms with Crippen molar-refractivity contribution < 1.29 is 13.5 Å². The van der Waals surface area contributed by atoms with E-state index in [-0.39, 0.29) is 10.9 Å². The highest BCUT2D eigenvalue weighted by Gasteiger charge is 2.32. The van der Waals surface area contributed by atoms with E-state index >= 15 is 0 Å². The number of rotatable bonds is 4. The predicted molar refractivity (Wildman–Crippen MR) is 76.7 cm³/mol. The first-order valence-electron chi connectivity index (χ1n) is 7.12. The van der Waals surface area contributed by atoms with Crippen LogP contribution in [0, 0.1) is 0 Å². The van der Waals surface area contributed by atoms with Crippen LogP contribution in [0.4, 0.5) is 0 Å². The molecule has 1 aliphatic heterocycles. The molecule has 0 saturated carbocycles. The molecule has 2 rings (SSSR count). The average molecular weight is 298 g/mol. The molecule has 20 heavy (non-hydrogen) atoms. The lowest BCUT2D eigenvalue weighted by Crippen LogP contribution is -2.41. The van der Waals surface area contributed by atoms with Crippen LogP contribution in [0.15, 0.2) is 29.4 Å². The normalized spacial score (nSPS) is 23.2. The SMILES string of the molecule is CC(O)CC1CCCCCN1S(=O)(=O)c1cccnc1. The Morgan fingerprint density at radius 2 is 2.25 bits per heavy atom. The van der Waals surface area contributed by atoms with Crippen molar-refractivity contribution in [1.29, 1.82) is 0 Å². The fraction of sp³-hybridized carbons (Fsp3) is 0.643. The van der Waals surface area contributed by atoms with Gasteiger partial charge in [0, 0.05) is 25.0 Å². The second-order valence-corrected chi connectivity index (χ2v) is 7.28. The molecule has 0 amide bonds. The summed E-state index contributed by atoms with van der Waals surface area (Å²) in [5, 5.41) is 9.62. The summed E-state index contributed by atoms with van der Waals surface area (Å²) in [4.78, 5) is 4.13. The van der Waals surface area contributed by atoms with Crippen molar-refractivity contribution in [2.45, 2.75) is 56.1 Å². The molecule has 0 spiro atoms. The zero-order valence-electron chi connectivity index (χ0n) is 11.8. The molecular weight excluding hydrogens is 276 g/mol. The summed E-state index contributed by atoms with van der Waals surface area (Å²) in [6.07, 6.45) is 6.67. The van der Waals surface area contributed by atoms with Crippen molar-refractivity contribution in [3.63, 3.8) is 0 Å². The van der Waals surface area contributed by atoms with Gasteiger partial charge in [-0.1, -0.05) is 12.8 Å². The summed E-state index contributed by atoms with van der Waals surface area (Å²) in [6, 6.07) is 3.09. The standard InChI is InChI=1S/C14H22N2O3S/c1-12(17)10-13-6-3-2-4-9-16(13)20(18,19)14-7-5-8-15-11-14/h5,7-8,11-13,17H,2-4,6,9-10H2,1H3. The van der Waals surface area contributed by atoms with Crippen molar-refractivity contribution in [3.8, 4) is 0 Å².